The van der Waals surface area contributed by atoms with Crippen LogP contribution in [0.3, 0.4) is 0 Å². The van der Waals surface area contributed by atoms with Crippen molar-refractivity contribution in [3.8, 4) is 10.6 Å². The van der Waals surface area contributed by atoms with E-state index in [9.17, 15) is 4.39 Å². The standard InChI is InChI=1S/C21H15FNOS/c1-12-9-18-16(14-8-7-13(22)10-19(14)24-18)11-15(12)21-23(2)17-5-3-4-6-20(17)25-21/h3-11H,1-2H3/q+1. The van der Waals surface area contributed by atoms with E-state index in [4.69, 9.17) is 4.42 Å². The average molecular weight is 348 g/mol. The molecule has 0 bridgehead atoms. The molecule has 0 aliphatic heterocycles. The highest BCUT2D eigenvalue weighted by Crippen LogP contribution is 2.36. The number of furan rings is 1. The molecule has 0 saturated heterocycles. The van der Waals surface area contributed by atoms with Crippen LogP contribution < -0.4 is 4.57 Å². The quantitative estimate of drug-likeness (QED) is 0.353. The summed E-state index contributed by atoms with van der Waals surface area (Å²) in [5.41, 5.74) is 4.94. The molecule has 0 aliphatic carbocycles. The van der Waals surface area contributed by atoms with E-state index in [0.717, 1.165) is 21.9 Å². The first kappa shape index (κ1) is 14.6. The van der Waals surface area contributed by atoms with Gasteiger partial charge in [0.15, 0.2) is 0 Å². The predicted octanol–water partition coefficient (Wildman–Crippen LogP) is 5.74. The molecular weight excluding hydrogens is 333 g/mol. The molecule has 5 rings (SSSR count). The molecule has 5 aromatic rings. The Labute approximate surface area is 147 Å². The molecule has 0 fully saturated rings. The monoisotopic (exact) mass is 348 g/mol. The molecule has 0 radical (unpaired) electrons. The lowest BCUT2D eigenvalue weighted by Gasteiger charge is -2.01. The maximum atomic E-state index is 13.5. The lowest BCUT2D eigenvalue weighted by Crippen LogP contribution is -2.28. The van der Waals surface area contributed by atoms with E-state index in [-0.39, 0.29) is 5.82 Å². The van der Waals surface area contributed by atoms with E-state index in [1.54, 1.807) is 17.4 Å². The Morgan fingerprint density at radius 2 is 1.76 bits per heavy atom. The number of hydrogen-bond acceptors (Lipinski definition) is 2. The summed E-state index contributed by atoms with van der Waals surface area (Å²) in [6.07, 6.45) is 0. The van der Waals surface area contributed by atoms with Crippen molar-refractivity contribution in [1.29, 1.82) is 0 Å². The Balaban J connectivity index is 1.84. The zero-order chi connectivity index (χ0) is 17.1. The van der Waals surface area contributed by atoms with E-state index in [2.05, 4.69) is 48.9 Å². The third-order valence-electron chi connectivity index (χ3n) is 4.75. The summed E-state index contributed by atoms with van der Waals surface area (Å²) in [5, 5.41) is 3.17. The van der Waals surface area contributed by atoms with E-state index in [0.29, 0.717) is 5.58 Å². The van der Waals surface area contributed by atoms with E-state index >= 15 is 0 Å². The number of thiazole rings is 1. The summed E-state index contributed by atoms with van der Waals surface area (Å²) < 4.78 is 22.8. The Bertz CT molecular complexity index is 1280. The van der Waals surface area contributed by atoms with Crippen LogP contribution >= 0.6 is 11.3 Å². The topological polar surface area (TPSA) is 17.0 Å². The van der Waals surface area contributed by atoms with Gasteiger partial charge in [-0.1, -0.05) is 23.5 Å². The van der Waals surface area contributed by atoms with Crippen molar-refractivity contribution in [3.63, 3.8) is 0 Å². The van der Waals surface area contributed by atoms with Crippen LogP contribution in [0.2, 0.25) is 0 Å². The minimum atomic E-state index is -0.278. The number of benzene rings is 3. The molecule has 25 heavy (non-hydrogen) atoms. The van der Waals surface area contributed by atoms with Crippen molar-refractivity contribution in [1.82, 2.24) is 0 Å². The molecule has 122 valence electrons. The van der Waals surface area contributed by atoms with Crippen LogP contribution in [-0.4, -0.2) is 0 Å². The minimum absolute atomic E-state index is 0.278. The molecule has 4 heteroatoms. The first-order chi connectivity index (χ1) is 12.1. The molecule has 0 saturated carbocycles. The SMILES string of the molecule is Cc1cc2oc3cc(F)ccc3c2cc1-c1sc2ccccc2[n+]1C. The molecule has 0 atom stereocenters. The van der Waals surface area contributed by atoms with E-state index in [1.807, 2.05) is 6.07 Å². The molecule has 0 N–H and O–H groups in total. The van der Waals surface area contributed by atoms with Crippen LogP contribution in [0.5, 0.6) is 0 Å². The zero-order valence-corrected chi connectivity index (χ0v) is 14.7. The van der Waals surface area contributed by atoms with Crippen molar-refractivity contribution in [2.45, 2.75) is 6.92 Å². The summed E-state index contributed by atoms with van der Waals surface area (Å²) in [6.45, 7) is 2.09. The summed E-state index contributed by atoms with van der Waals surface area (Å²) in [4.78, 5) is 0. The minimum Gasteiger partial charge on any atom is -0.456 e. The van der Waals surface area contributed by atoms with Crippen LogP contribution in [0.25, 0.3) is 42.7 Å². The first-order valence-electron chi connectivity index (χ1n) is 8.12. The lowest BCUT2D eigenvalue weighted by molar-refractivity contribution is -0.629. The van der Waals surface area contributed by atoms with Gasteiger partial charge in [-0.25, -0.2) is 4.39 Å². The number of aryl methyl sites for hydroxylation is 2. The number of hydrogen-bond donors (Lipinski definition) is 0. The number of para-hydroxylation sites is 1. The molecule has 2 nitrogen and oxygen atoms in total. The number of nitrogens with zero attached hydrogens (tertiary/aromatic N) is 1. The Morgan fingerprint density at radius 3 is 2.60 bits per heavy atom. The summed E-state index contributed by atoms with van der Waals surface area (Å²) >= 11 is 1.78. The summed E-state index contributed by atoms with van der Waals surface area (Å²) in [6, 6.07) is 17.4. The van der Waals surface area contributed by atoms with Gasteiger partial charge in [0.2, 0.25) is 5.52 Å². The van der Waals surface area contributed by atoms with Gasteiger partial charge in [0.25, 0.3) is 5.01 Å². The van der Waals surface area contributed by atoms with Crippen LogP contribution in [0.4, 0.5) is 4.39 Å². The van der Waals surface area contributed by atoms with Gasteiger partial charge >= 0.3 is 0 Å². The number of aromatic nitrogens is 1. The highest BCUT2D eigenvalue weighted by atomic mass is 32.1. The number of rotatable bonds is 1. The lowest BCUT2D eigenvalue weighted by atomic mass is 10.0. The van der Waals surface area contributed by atoms with Crippen molar-refractivity contribution < 1.29 is 13.4 Å². The van der Waals surface area contributed by atoms with Gasteiger partial charge < -0.3 is 4.42 Å². The van der Waals surface area contributed by atoms with Gasteiger partial charge in [-0.2, -0.15) is 4.57 Å². The van der Waals surface area contributed by atoms with Crippen molar-refractivity contribution in [2.75, 3.05) is 0 Å². The fourth-order valence-corrected chi connectivity index (χ4v) is 4.70. The van der Waals surface area contributed by atoms with Gasteiger partial charge in [0.1, 0.15) is 28.7 Å². The first-order valence-corrected chi connectivity index (χ1v) is 8.94. The highest BCUT2D eigenvalue weighted by Gasteiger charge is 2.21. The zero-order valence-electron chi connectivity index (χ0n) is 13.8. The largest absolute Gasteiger partial charge is 0.456 e. The second-order valence-corrected chi connectivity index (χ2v) is 7.37. The Kier molecular flexibility index (Phi) is 3.00. The smallest absolute Gasteiger partial charge is 0.270 e. The third kappa shape index (κ3) is 2.11. The van der Waals surface area contributed by atoms with Crippen LogP contribution in [0.15, 0.2) is 59.0 Å². The average Bonchev–Trinajstić information content (AvgIpc) is 3.11. The number of halogens is 1. The van der Waals surface area contributed by atoms with Crippen molar-refractivity contribution >= 4 is 43.5 Å². The Morgan fingerprint density at radius 1 is 0.960 bits per heavy atom. The normalized spacial score (nSPS) is 11.8. The van der Waals surface area contributed by atoms with E-state index < -0.39 is 0 Å². The van der Waals surface area contributed by atoms with Gasteiger partial charge in [0.05, 0.1) is 5.56 Å². The molecule has 0 unspecified atom stereocenters. The second-order valence-electron chi connectivity index (χ2n) is 6.34. The maximum Gasteiger partial charge on any atom is 0.270 e. The fourth-order valence-electron chi connectivity index (χ4n) is 3.47. The molecule has 0 amide bonds. The predicted molar refractivity (Wildman–Crippen MR) is 100 cm³/mol. The van der Waals surface area contributed by atoms with Crippen LogP contribution in [0, 0.1) is 12.7 Å². The Hall–Kier alpha value is -2.72. The highest BCUT2D eigenvalue weighted by molar-refractivity contribution is 7.21. The molecule has 2 heterocycles. The van der Waals surface area contributed by atoms with Gasteiger partial charge in [-0.05, 0) is 42.8 Å². The van der Waals surface area contributed by atoms with Crippen molar-refractivity contribution in [2.24, 2.45) is 7.05 Å². The fraction of sp³-hybridized carbons (Fsp3) is 0.0952. The molecule has 0 aliphatic rings. The van der Waals surface area contributed by atoms with Gasteiger partial charge in [-0.3, -0.25) is 0 Å². The van der Waals surface area contributed by atoms with Crippen molar-refractivity contribution in [3.05, 3.63) is 66.0 Å². The van der Waals surface area contributed by atoms with Crippen LogP contribution in [-0.2, 0) is 7.05 Å². The summed E-state index contributed by atoms with van der Waals surface area (Å²) in [5.74, 6) is -0.278. The second kappa shape index (κ2) is 5.14. The number of fused-ring (bicyclic) bond motifs is 4. The van der Waals surface area contributed by atoms with Crippen LogP contribution in [0.1, 0.15) is 5.56 Å². The van der Waals surface area contributed by atoms with E-state index in [1.165, 1.54) is 32.9 Å². The molecule has 0 spiro atoms. The third-order valence-corrected chi connectivity index (χ3v) is 6.00. The molecule has 2 aromatic heterocycles. The molecular formula is C21H15FNOS+. The van der Waals surface area contributed by atoms with Gasteiger partial charge in [-0.15, -0.1) is 0 Å². The molecule has 3 aromatic carbocycles. The maximum absolute atomic E-state index is 13.5. The van der Waals surface area contributed by atoms with Gasteiger partial charge in [0, 0.05) is 22.9 Å². The summed E-state index contributed by atoms with van der Waals surface area (Å²) in [7, 11) is 2.10.